The second-order valence-corrected chi connectivity index (χ2v) is 5.56. The van der Waals surface area contributed by atoms with Crippen molar-refractivity contribution in [3.05, 3.63) is 40.4 Å². The van der Waals surface area contributed by atoms with Crippen LogP contribution in [-0.4, -0.2) is 5.91 Å². The Hall–Kier alpha value is -1.30. The van der Waals surface area contributed by atoms with Gasteiger partial charge in [0.2, 0.25) is 5.91 Å². The molecule has 0 aromatic heterocycles. The molecule has 2 rings (SSSR count). The average Bonchev–Trinajstić information content (AvgIpc) is 2.83. The first-order chi connectivity index (χ1) is 9.36. The molecular weight excluding hydrogens is 335 g/mol. The number of rotatable bonds is 3. The lowest BCUT2D eigenvalue weighted by atomic mass is 10.0. The molecule has 2 nitrogen and oxygen atoms in total. The molecule has 20 heavy (non-hydrogen) atoms. The van der Waals surface area contributed by atoms with Crippen molar-refractivity contribution in [1.29, 1.82) is 0 Å². The van der Waals surface area contributed by atoms with E-state index in [4.69, 9.17) is 0 Å². The summed E-state index contributed by atoms with van der Waals surface area (Å²) >= 11 is 3.14. The molecule has 1 aromatic rings. The number of anilines is 1. The molecular formula is C14H13BrF3NO. The zero-order valence-corrected chi connectivity index (χ0v) is 12.1. The van der Waals surface area contributed by atoms with Crippen molar-refractivity contribution < 1.29 is 18.0 Å². The number of alkyl halides is 3. The van der Waals surface area contributed by atoms with E-state index in [0.717, 1.165) is 25.0 Å². The maximum atomic E-state index is 12.6. The molecule has 6 heteroatoms. The van der Waals surface area contributed by atoms with Gasteiger partial charge in [-0.2, -0.15) is 13.2 Å². The molecule has 0 bridgehead atoms. The summed E-state index contributed by atoms with van der Waals surface area (Å²) in [6, 6.07) is 3.19. The van der Waals surface area contributed by atoms with Gasteiger partial charge in [0.25, 0.3) is 0 Å². The van der Waals surface area contributed by atoms with E-state index in [9.17, 15) is 18.0 Å². The van der Waals surface area contributed by atoms with E-state index in [1.54, 1.807) is 0 Å². The summed E-state index contributed by atoms with van der Waals surface area (Å²) in [5.41, 5.74) is -0.636. The third-order valence-corrected chi connectivity index (χ3v) is 3.82. The van der Waals surface area contributed by atoms with Crippen LogP contribution in [0.5, 0.6) is 0 Å². The Morgan fingerprint density at radius 3 is 2.75 bits per heavy atom. The number of halogens is 4. The molecule has 0 saturated heterocycles. The van der Waals surface area contributed by atoms with E-state index in [1.807, 2.05) is 12.2 Å². The zero-order chi connectivity index (χ0) is 14.8. The van der Waals surface area contributed by atoms with Crippen LogP contribution in [-0.2, 0) is 11.0 Å². The van der Waals surface area contributed by atoms with Gasteiger partial charge >= 0.3 is 6.18 Å². The van der Waals surface area contributed by atoms with Crippen molar-refractivity contribution in [1.82, 2.24) is 0 Å². The molecule has 1 amide bonds. The summed E-state index contributed by atoms with van der Waals surface area (Å²) in [4.78, 5) is 11.8. The lowest BCUT2D eigenvalue weighted by Gasteiger charge is -2.13. The maximum absolute atomic E-state index is 12.6. The molecule has 0 radical (unpaired) electrons. The van der Waals surface area contributed by atoms with Gasteiger partial charge in [0.05, 0.1) is 11.3 Å². The first-order valence-corrected chi connectivity index (χ1v) is 6.99. The quantitative estimate of drug-likeness (QED) is 0.784. The number of amides is 1. The Balaban J connectivity index is 2.08. The molecule has 1 N–H and O–H groups in total. The normalized spacial score (nSPS) is 18.3. The Morgan fingerprint density at radius 2 is 2.15 bits per heavy atom. The van der Waals surface area contributed by atoms with Crippen molar-refractivity contribution >= 4 is 27.5 Å². The topological polar surface area (TPSA) is 29.1 Å². The summed E-state index contributed by atoms with van der Waals surface area (Å²) in [7, 11) is 0. The molecule has 0 spiro atoms. The van der Waals surface area contributed by atoms with Crippen molar-refractivity contribution in [2.75, 3.05) is 5.32 Å². The molecule has 1 atom stereocenters. The Kier molecular flexibility index (Phi) is 4.52. The number of carbonyl (C=O) groups is 1. The predicted molar refractivity (Wildman–Crippen MR) is 74.3 cm³/mol. The minimum absolute atomic E-state index is 0.145. The Morgan fingerprint density at radius 1 is 1.40 bits per heavy atom. The molecule has 108 valence electrons. The van der Waals surface area contributed by atoms with Crippen LogP contribution in [0, 0.1) is 5.92 Å². The van der Waals surface area contributed by atoms with E-state index < -0.39 is 11.7 Å². The van der Waals surface area contributed by atoms with Crippen LogP contribution in [0.3, 0.4) is 0 Å². The van der Waals surface area contributed by atoms with Crippen LogP contribution in [0.2, 0.25) is 0 Å². The van der Waals surface area contributed by atoms with Crippen LogP contribution < -0.4 is 5.32 Å². The van der Waals surface area contributed by atoms with Gasteiger partial charge in [0.1, 0.15) is 0 Å². The van der Waals surface area contributed by atoms with Crippen LogP contribution in [0.25, 0.3) is 0 Å². The van der Waals surface area contributed by atoms with Gasteiger partial charge in [0, 0.05) is 10.9 Å². The molecule has 0 saturated carbocycles. The van der Waals surface area contributed by atoms with Gasteiger partial charge in [-0.05, 0) is 52.9 Å². The van der Waals surface area contributed by atoms with Crippen molar-refractivity contribution in [2.45, 2.75) is 25.4 Å². The Labute approximate surface area is 123 Å². The number of benzene rings is 1. The highest BCUT2D eigenvalue weighted by Gasteiger charge is 2.31. The standard InChI is InChI=1S/C14H13BrF3NO/c15-11-6-5-10(14(16,17)18)8-12(11)19-13(20)7-9-3-1-2-4-9/h1,3,5-6,8-9H,2,4,7H2,(H,19,20). The summed E-state index contributed by atoms with van der Waals surface area (Å²) < 4.78 is 38.3. The van der Waals surface area contributed by atoms with Crippen LogP contribution in [0.1, 0.15) is 24.8 Å². The largest absolute Gasteiger partial charge is 0.416 e. The van der Waals surface area contributed by atoms with Crippen LogP contribution >= 0.6 is 15.9 Å². The van der Waals surface area contributed by atoms with Crippen molar-refractivity contribution in [3.8, 4) is 0 Å². The third kappa shape index (κ3) is 3.85. The molecule has 1 aliphatic carbocycles. The van der Waals surface area contributed by atoms with Gasteiger partial charge in [-0.25, -0.2) is 0 Å². The number of hydrogen-bond donors (Lipinski definition) is 1. The molecule has 1 unspecified atom stereocenters. The summed E-state index contributed by atoms with van der Waals surface area (Å²) in [5, 5.41) is 2.53. The average molecular weight is 348 g/mol. The van der Waals surface area contributed by atoms with E-state index in [0.29, 0.717) is 10.9 Å². The SMILES string of the molecule is O=C(CC1C=CCC1)Nc1cc(C(F)(F)F)ccc1Br. The summed E-state index contributed by atoms with van der Waals surface area (Å²) in [6.07, 6.45) is 1.72. The van der Waals surface area contributed by atoms with Crippen molar-refractivity contribution in [2.24, 2.45) is 5.92 Å². The third-order valence-electron chi connectivity index (χ3n) is 3.13. The van der Waals surface area contributed by atoms with E-state index >= 15 is 0 Å². The number of carbonyl (C=O) groups excluding carboxylic acids is 1. The van der Waals surface area contributed by atoms with Gasteiger partial charge < -0.3 is 5.32 Å². The zero-order valence-electron chi connectivity index (χ0n) is 10.5. The Bertz CT molecular complexity index is 540. The first-order valence-electron chi connectivity index (χ1n) is 6.19. The fraction of sp³-hybridized carbons (Fsp3) is 0.357. The van der Waals surface area contributed by atoms with Crippen LogP contribution in [0.15, 0.2) is 34.8 Å². The number of allylic oxidation sites excluding steroid dienone is 2. The molecule has 1 aliphatic rings. The second-order valence-electron chi connectivity index (χ2n) is 4.71. The van der Waals surface area contributed by atoms with Crippen LogP contribution in [0.4, 0.5) is 18.9 Å². The van der Waals surface area contributed by atoms with Crippen molar-refractivity contribution in [3.63, 3.8) is 0 Å². The van der Waals surface area contributed by atoms with Gasteiger partial charge in [-0.15, -0.1) is 0 Å². The molecule has 0 aliphatic heterocycles. The van der Waals surface area contributed by atoms with E-state index in [2.05, 4.69) is 21.2 Å². The maximum Gasteiger partial charge on any atom is 0.416 e. The summed E-state index contributed by atoms with van der Waals surface area (Å²) in [5.74, 6) is -0.0962. The van der Waals surface area contributed by atoms with Gasteiger partial charge in [0.15, 0.2) is 0 Å². The highest BCUT2D eigenvalue weighted by atomic mass is 79.9. The molecule has 1 aromatic carbocycles. The predicted octanol–water partition coefficient (Wildman–Crippen LogP) is 4.76. The molecule has 0 heterocycles. The summed E-state index contributed by atoms with van der Waals surface area (Å²) in [6.45, 7) is 0. The van der Waals surface area contributed by atoms with E-state index in [-0.39, 0.29) is 17.5 Å². The lowest BCUT2D eigenvalue weighted by molar-refractivity contribution is -0.137. The first kappa shape index (κ1) is 15.1. The number of nitrogens with one attached hydrogen (secondary N) is 1. The van der Waals surface area contributed by atoms with Gasteiger partial charge in [-0.1, -0.05) is 12.2 Å². The minimum atomic E-state index is -4.42. The second kappa shape index (κ2) is 5.99. The smallest absolute Gasteiger partial charge is 0.325 e. The molecule has 0 fully saturated rings. The van der Waals surface area contributed by atoms with E-state index in [1.165, 1.54) is 6.07 Å². The van der Waals surface area contributed by atoms with Gasteiger partial charge in [-0.3, -0.25) is 4.79 Å². The minimum Gasteiger partial charge on any atom is -0.325 e. The fourth-order valence-corrected chi connectivity index (χ4v) is 2.45. The number of hydrogen-bond acceptors (Lipinski definition) is 1. The highest BCUT2D eigenvalue weighted by molar-refractivity contribution is 9.10. The lowest BCUT2D eigenvalue weighted by Crippen LogP contribution is -2.16. The highest BCUT2D eigenvalue weighted by Crippen LogP contribution is 2.34. The fourth-order valence-electron chi connectivity index (χ4n) is 2.10. The monoisotopic (exact) mass is 347 g/mol.